The van der Waals surface area contributed by atoms with Crippen LogP contribution in [0.3, 0.4) is 0 Å². The molecule has 23 nitrogen and oxygen atoms in total. The smallest absolute Gasteiger partial charge is 0.364 e. The molecule has 590 valence electrons. The van der Waals surface area contributed by atoms with Gasteiger partial charge in [-0.05, 0) is 12.8 Å². The van der Waals surface area contributed by atoms with Crippen molar-refractivity contribution in [3.8, 4) is 0 Å². The van der Waals surface area contributed by atoms with Gasteiger partial charge in [-0.3, -0.25) is 9.59 Å². The SMILES string of the molecule is CCCCCCCCCCCCCCCCCCCCCCCCCCCCCC(=O)NC(COC1OC(CO)C(OC2OC(CO)C(O)C(OC3(C(=O)O)CC(O)C(NC(C)=O)C(C(O)C(O)CO)O3)C2O)C(O)C1O)C(O)CCCCCCCCCCCCCCCCCCCCC. The van der Waals surface area contributed by atoms with Gasteiger partial charge in [-0.2, -0.15) is 0 Å². The Labute approximate surface area is 601 Å². The Morgan fingerprint density at radius 3 is 1.25 bits per heavy atom. The highest BCUT2D eigenvalue weighted by molar-refractivity contribution is 5.77. The largest absolute Gasteiger partial charge is 0.477 e. The van der Waals surface area contributed by atoms with Gasteiger partial charge in [-0.15, -0.1) is 0 Å². The van der Waals surface area contributed by atoms with E-state index in [1.54, 1.807) is 0 Å². The number of rotatable bonds is 64. The standard InChI is InChI=1S/C77H146N2O21/c1-4-6-8-10-12-14-16-18-20-22-24-25-26-27-28-29-30-31-33-35-37-39-41-43-45-47-49-51-64(87)79-58(59(84)50-48-46-44-42-40-38-36-34-32-23-21-19-17-15-13-11-9-7-5-2)56-95-74-69(91)68(90)71(63(55-82)97-74)98-75-70(92)73(67(89)62(54-81)96-75)100-77(76(93)94)52-60(85)65(78-57(3)83)72(99-77)66(88)61(86)53-80/h58-63,65-75,80-82,84-86,88-92H,4-56H2,1-3H3,(H,78,83)(H,79,87)(H,93,94). The minimum atomic E-state index is -3.08. The van der Waals surface area contributed by atoms with Crippen LogP contribution in [0.15, 0.2) is 0 Å². The third kappa shape index (κ3) is 37.3. The molecule has 0 radical (unpaired) electrons. The quantitative estimate of drug-likeness (QED) is 0.0252. The molecule has 3 rings (SSSR count). The normalized spacial score (nSPS) is 26.9. The number of hydrogen-bond acceptors (Lipinski definition) is 20. The van der Waals surface area contributed by atoms with Crippen molar-refractivity contribution in [2.24, 2.45) is 0 Å². The van der Waals surface area contributed by atoms with E-state index in [9.17, 15) is 75.7 Å². The zero-order valence-corrected chi connectivity index (χ0v) is 62.3. The van der Waals surface area contributed by atoms with Crippen LogP contribution in [0.4, 0.5) is 0 Å². The van der Waals surface area contributed by atoms with Gasteiger partial charge in [0.05, 0.1) is 50.7 Å². The molecule has 0 aromatic carbocycles. The Balaban J connectivity index is 1.50. The van der Waals surface area contributed by atoms with Crippen molar-refractivity contribution in [3.05, 3.63) is 0 Å². The minimum Gasteiger partial charge on any atom is -0.477 e. The average Bonchev–Trinajstić information content (AvgIpc) is 0.766. The van der Waals surface area contributed by atoms with Crippen LogP contribution in [-0.2, 0) is 42.8 Å². The number of hydrogen-bond donors (Lipinski definition) is 14. The number of aliphatic hydroxyl groups is 11. The second-order valence-electron chi connectivity index (χ2n) is 29.6. The first-order chi connectivity index (χ1) is 48.4. The van der Waals surface area contributed by atoms with E-state index >= 15 is 0 Å². The lowest BCUT2D eigenvalue weighted by molar-refractivity contribution is -0.386. The molecule has 100 heavy (non-hydrogen) atoms. The molecule has 0 aromatic heterocycles. The van der Waals surface area contributed by atoms with Crippen molar-refractivity contribution in [2.45, 2.75) is 445 Å². The Morgan fingerprint density at radius 2 is 0.870 bits per heavy atom. The molecule has 18 unspecified atom stereocenters. The molecule has 3 fully saturated rings. The average molecular weight is 1440 g/mol. The van der Waals surface area contributed by atoms with Crippen molar-refractivity contribution in [1.82, 2.24) is 10.6 Å². The summed E-state index contributed by atoms with van der Waals surface area (Å²) in [6, 6.07) is -2.53. The number of carboxylic acid groups (broad SMARTS) is 1. The van der Waals surface area contributed by atoms with E-state index in [0.717, 1.165) is 51.9 Å². The fourth-order valence-electron chi connectivity index (χ4n) is 14.4. The molecular weight excluding hydrogens is 1290 g/mol. The number of ether oxygens (including phenoxy) is 6. The Morgan fingerprint density at radius 1 is 0.480 bits per heavy atom. The highest BCUT2D eigenvalue weighted by Crippen LogP contribution is 2.39. The van der Waals surface area contributed by atoms with Gasteiger partial charge in [0.1, 0.15) is 67.1 Å². The van der Waals surface area contributed by atoms with Gasteiger partial charge in [0.15, 0.2) is 12.6 Å². The summed E-state index contributed by atoms with van der Waals surface area (Å²) in [4.78, 5) is 38.7. The number of aliphatic hydroxyl groups excluding tert-OH is 11. The summed E-state index contributed by atoms with van der Waals surface area (Å²) < 4.78 is 35.0. The maximum Gasteiger partial charge on any atom is 0.364 e. The van der Waals surface area contributed by atoms with E-state index < -0.39 is 148 Å². The van der Waals surface area contributed by atoms with Crippen LogP contribution < -0.4 is 10.6 Å². The topological polar surface area (TPSA) is 373 Å². The third-order valence-electron chi connectivity index (χ3n) is 20.8. The summed E-state index contributed by atoms with van der Waals surface area (Å²) in [6.07, 6.45) is 29.5. The molecule has 0 aromatic rings. The van der Waals surface area contributed by atoms with Crippen LogP contribution in [0.25, 0.3) is 0 Å². The van der Waals surface area contributed by atoms with Gasteiger partial charge in [-0.25, -0.2) is 4.79 Å². The van der Waals surface area contributed by atoms with Crippen molar-refractivity contribution < 1.29 is 104 Å². The summed E-state index contributed by atoms with van der Waals surface area (Å²) in [6.45, 7) is 2.27. The van der Waals surface area contributed by atoms with Gasteiger partial charge in [0.2, 0.25) is 11.8 Å². The predicted octanol–water partition coefficient (Wildman–Crippen LogP) is 10.4. The van der Waals surface area contributed by atoms with Crippen LogP contribution in [0.1, 0.15) is 335 Å². The zero-order valence-electron chi connectivity index (χ0n) is 62.3. The fraction of sp³-hybridized carbons (Fsp3) is 0.961. The van der Waals surface area contributed by atoms with Crippen molar-refractivity contribution in [2.75, 3.05) is 26.4 Å². The summed E-state index contributed by atoms with van der Waals surface area (Å²) in [5.74, 6) is -6.09. The maximum absolute atomic E-state index is 13.6. The molecule has 0 saturated carbocycles. The first-order valence-corrected chi connectivity index (χ1v) is 40.4. The second-order valence-corrected chi connectivity index (χ2v) is 29.6. The van der Waals surface area contributed by atoms with E-state index in [4.69, 9.17) is 28.4 Å². The summed E-state index contributed by atoms with van der Waals surface area (Å²) >= 11 is 0. The van der Waals surface area contributed by atoms with Gasteiger partial charge in [0, 0.05) is 19.8 Å². The van der Waals surface area contributed by atoms with Crippen LogP contribution in [0.2, 0.25) is 0 Å². The van der Waals surface area contributed by atoms with Gasteiger partial charge < -0.3 is 100 Å². The number of aliphatic carboxylic acids is 1. The Bertz CT molecular complexity index is 2000. The predicted molar refractivity (Wildman–Crippen MR) is 385 cm³/mol. The zero-order chi connectivity index (χ0) is 73.2. The third-order valence-corrected chi connectivity index (χ3v) is 20.8. The van der Waals surface area contributed by atoms with Crippen molar-refractivity contribution in [1.29, 1.82) is 0 Å². The lowest BCUT2D eigenvalue weighted by Gasteiger charge is -2.50. The van der Waals surface area contributed by atoms with Crippen molar-refractivity contribution >= 4 is 17.8 Å². The van der Waals surface area contributed by atoms with E-state index in [2.05, 4.69) is 24.5 Å². The monoisotopic (exact) mass is 1440 g/mol. The maximum atomic E-state index is 13.6. The summed E-state index contributed by atoms with van der Waals surface area (Å²) in [5.41, 5.74) is 0. The minimum absolute atomic E-state index is 0.230. The van der Waals surface area contributed by atoms with Crippen LogP contribution in [-0.4, -0.2) is 215 Å². The number of carboxylic acids is 1. The molecular formula is C77H146N2O21. The van der Waals surface area contributed by atoms with E-state index in [-0.39, 0.29) is 18.9 Å². The first-order valence-electron chi connectivity index (χ1n) is 40.4. The highest BCUT2D eigenvalue weighted by atomic mass is 16.8. The molecule has 3 saturated heterocycles. The molecule has 18 atom stereocenters. The summed E-state index contributed by atoms with van der Waals surface area (Å²) in [5, 5.41) is 137. The summed E-state index contributed by atoms with van der Waals surface area (Å²) in [7, 11) is 0. The highest BCUT2D eigenvalue weighted by Gasteiger charge is 2.60. The number of carbonyl (C=O) groups is 3. The van der Waals surface area contributed by atoms with Crippen LogP contribution >= 0.6 is 0 Å². The molecule has 3 aliphatic heterocycles. The van der Waals surface area contributed by atoms with Gasteiger partial charge in [0.25, 0.3) is 5.79 Å². The molecule has 3 aliphatic rings. The Kier molecular flexibility index (Phi) is 52.4. The number of unbranched alkanes of at least 4 members (excludes halogenated alkanes) is 44. The van der Waals surface area contributed by atoms with E-state index in [1.807, 2.05) is 0 Å². The fourth-order valence-corrected chi connectivity index (χ4v) is 14.4. The van der Waals surface area contributed by atoms with Crippen LogP contribution in [0.5, 0.6) is 0 Å². The Hall–Kier alpha value is -2.27. The molecule has 23 heteroatoms. The molecule has 14 N–H and O–H groups in total. The molecule has 0 bridgehead atoms. The van der Waals surface area contributed by atoms with Crippen LogP contribution in [0, 0.1) is 0 Å². The van der Waals surface area contributed by atoms with Gasteiger partial charge in [-0.1, -0.05) is 303 Å². The first kappa shape index (κ1) is 91.9. The molecule has 0 aliphatic carbocycles. The van der Waals surface area contributed by atoms with Crippen molar-refractivity contribution in [3.63, 3.8) is 0 Å². The second kappa shape index (κ2) is 57.0. The number of carbonyl (C=O) groups excluding carboxylic acids is 2. The molecule has 0 spiro atoms. The lowest BCUT2D eigenvalue weighted by Crippen LogP contribution is -2.70. The molecule has 3 heterocycles. The van der Waals surface area contributed by atoms with E-state index in [1.165, 1.54) is 238 Å². The lowest BCUT2D eigenvalue weighted by atomic mass is 9.88. The van der Waals surface area contributed by atoms with Gasteiger partial charge >= 0.3 is 5.97 Å². The number of nitrogens with one attached hydrogen (secondary N) is 2. The molecule has 2 amide bonds. The number of amides is 2. The van der Waals surface area contributed by atoms with E-state index in [0.29, 0.717) is 19.3 Å².